The van der Waals surface area contributed by atoms with E-state index < -0.39 is 17.7 Å². The van der Waals surface area contributed by atoms with E-state index in [1.807, 2.05) is 6.07 Å². The largest absolute Gasteiger partial charge is 0.476 e. The summed E-state index contributed by atoms with van der Waals surface area (Å²) in [5.74, 6) is -1.45. The van der Waals surface area contributed by atoms with Crippen molar-refractivity contribution in [2.75, 3.05) is 6.54 Å². The Balaban J connectivity index is 2.55. The summed E-state index contributed by atoms with van der Waals surface area (Å²) in [6.45, 7) is 0.120. The lowest BCUT2D eigenvalue weighted by Gasteiger charge is -2.28. The molecule has 0 aromatic heterocycles. The molecule has 16 heavy (non-hydrogen) atoms. The molecule has 3 N–H and O–H groups in total. The number of nitrogens with zero attached hydrogens (tertiary/aromatic N) is 3. The van der Waals surface area contributed by atoms with Crippen molar-refractivity contribution in [1.82, 2.24) is 15.5 Å². The molecule has 2 aliphatic heterocycles. The van der Waals surface area contributed by atoms with Crippen molar-refractivity contribution < 1.29 is 19.9 Å². The van der Waals surface area contributed by atoms with Crippen LogP contribution < -0.4 is 5.43 Å². The molecule has 0 aromatic carbocycles. The first-order valence-corrected chi connectivity index (χ1v) is 4.21. The molecule has 0 atom stereocenters. The Morgan fingerprint density at radius 1 is 1.62 bits per heavy atom. The number of carbonyl (C=O) groups excluding carboxylic acids is 1. The van der Waals surface area contributed by atoms with Gasteiger partial charge in [0.2, 0.25) is 0 Å². The van der Waals surface area contributed by atoms with Gasteiger partial charge in [-0.3, -0.25) is 5.21 Å². The van der Waals surface area contributed by atoms with E-state index in [2.05, 4.69) is 5.43 Å². The van der Waals surface area contributed by atoms with Crippen molar-refractivity contribution in [3.05, 3.63) is 23.0 Å². The van der Waals surface area contributed by atoms with Crippen LogP contribution in [0.4, 0.5) is 4.79 Å². The van der Waals surface area contributed by atoms with Gasteiger partial charge in [-0.1, -0.05) is 0 Å². The number of hydrazine groups is 1. The monoisotopic (exact) mass is 222 g/mol. The van der Waals surface area contributed by atoms with Gasteiger partial charge in [0, 0.05) is 0 Å². The predicted octanol–water partition coefficient (Wildman–Crippen LogP) is -0.622. The van der Waals surface area contributed by atoms with E-state index in [4.69, 9.17) is 10.4 Å². The van der Waals surface area contributed by atoms with Crippen LogP contribution in [0.3, 0.4) is 0 Å². The molecule has 0 saturated heterocycles. The van der Waals surface area contributed by atoms with Crippen LogP contribution in [0.1, 0.15) is 0 Å². The number of carbonyl (C=O) groups is 2. The molecular formula is C8H6N4O4. The average Bonchev–Trinajstić information content (AvgIpc) is 2.65. The maximum absolute atomic E-state index is 11.5. The Kier molecular flexibility index (Phi) is 2.12. The van der Waals surface area contributed by atoms with Crippen LogP contribution >= 0.6 is 0 Å². The lowest BCUT2D eigenvalue weighted by atomic mass is 10.2. The van der Waals surface area contributed by atoms with Crippen LogP contribution in [-0.4, -0.2) is 38.9 Å². The molecule has 0 aliphatic carbocycles. The minimum Gasteiger partial charge on any atom is -0.476 e. The quantitative estimate of drug-likeness (QED) is 0.509. The van der Waals surface area contributed by atoms with Gasteiger partial charge in [0.1, 0.15) is 0 Å². The van der Waals surface area contributed by atoms with E-state index in [0.717, 1.165) is 11.1 Å². The standard InChI is InChI=1S/C8H6N4O4/c9-2-4-3-10-11-5(4)1-6(7(13)14)12(16)8(11)15/h1,10,16H,3H2,(H,13,14). The van der Waals surface area contributed by atoms with Gasteiger partial charge in [-0.25, -0.2) is 20.0 Å². The number of nitriles is 1. The number of hydrogen-bond donors (Lipinski definition) is 3. The SMILES string of the molecule is N#CC1=C2C=C(C(=O)O)N(O)C(=O)N2NC1. The Bertz CT molecular complexity index is 487. The maximum Gasteiger partial charge on any atom is 0.367 e. The summed E-state index contributed by atoms with van der Waals surface area (Å²) in [5.41, 5.74) is 2.34. The summed E-state index contributed by atoms with van der Waals surface area (Å²) in [6, 6.07) is 0.885. The molecule has 2 heterocycles. The number of allylic oxidation sites excluding steroid dienone is 1. The number of nitrogens with one attached hydrogen (secondary N) is 1. The number of fused-ring (bicyclic) bond motifs is 1. The smallest absolute Gasteiger partial charge is 0.367 e. The van der Waals surface area contributed by atoms with Crippen LogP contribution in [0.15, 0.2) is 23.0 Å². The summed E-state index contributed by atoms with van der Waals surface area (Å²) in [6.07, 6.45) is 1.06. The van der Waals surface area contributed by atoms with Crippen molar-refractivity contribution in [3.63, 3.8) is 0 Å². The second-order valence-electron chi connectivity index (χ2n) is 3.08. The minimum atomic E-state index is -1.45. The molecule has 0 radical (unpaired) electrons. The molecule has 0 bridgehead atoms. The summed E-state index contributed by atoms with van der Waals surface area (Å²) in [5, 5.41) is 27.7. The van der Waals surface area contributed by atoms with Crippen molar-refractivity contribution in [2.45, 2.75) is 0 Å². The average molecular weight is 222 g/mol. The first-order chi connectivity index (χ1) is 7.56. The predicted molar refractivity (Wildman–Crippen MR) is 47.2 cm³/mol. The molecule has 2 aliphatic rings. The Hall–Kier alpha value is -2.37. The molecule has 2 amide bonds. The molecule has 0 unspecified atom stereocenters. The number of hydroxylamine groups is 2. The van der Waals surface area contributed by atoms with Gasteiger partial charge in [-0.05, 0) is 6.08 Å². The third-order valence-corrected chi connectivity index (χ3v) is 2.19. The molecule has 2 rings (SSSR count). The molecule has 0 saturated carbocycles. The highest BCUT2D eigenvalue weighted by atomic mass is 16.5. The number of carboxylic acids is 1. The lowest BCUT2D eigenvalue weighted by molar-refractivity contribution is -0.139. The molecular weight excluding hydrogens is 216 g/mol. The number of rotatable bonds is 1. The number of urea groups is 1. The fourth-order valence-electron chi connectivity index (χ4n) is 1.43. The fourth-order valence-corrected chi connectivity index (χ4v) is 1.43. The third kappa shape index (κ3) is 1.23. The van der Waals surface area contributed by atoms with Gasteiger partial charge in [0.15, 0.2) is 5.70 Å². The van der Waals surface area contributed by atoms with Crippen molar-refractivity contribution in [3.8, 4) is 6.07 Å². The number of aliphatic carboxylic acids is 1. The summed E-state index contributed by atoms with van der Waals surface area (Å²) in [4.78, 5) is 22.2. The van der Waals surface area contributed by atoms with Crippen LogP contribution in [0.2, 0.25) is 0 Å². The third-order valence-electron chi connectivity index (χ3n) is 2.19. The van der Waals surface area contributed by atoms with Crippen LogP contribution in [0.25, 0.3) is 0 Å². The molecule has 0 fully saturated rings. The lowest BCUT2D eigenvalue weighted by Crippen LogP contribution is -2.48. The number of amides is 2. The first-order valence-electron chi connectivity index (χ1n) is 4.21. The highest BCUT2D eigenvalue weighted by Crippen LogP contribution is 2.25. The van der Waals surface area contributed by atoms with E-state index >= 15 is 0 Å². The van der Waals surface area contributed by atoms with E-state index in [1.54, 1.807) is 0 Å². The van der Waals surface area contributed by atoms with Crippen LogP contribution in [0, 0.1) is 11.3 Å². The minimum absolute atomic E-state index is 0.0130. The van der Waals surface area contributed by atoms with E-state index in [0.29, 0.717) is 0 Å². The van der Waals surface area contributed by atoms with Gasteiger partial charge >= 0.3 is 12.0 Å². The molecule has 8 nitrogen and oxygen atoms in total. The second-order valence-corrected chi connectivity index (χ2v) is 3.08. The van der Waals surface area contributed by atoms with Crippen molar-refractivity contribution in [1.29, 1.82) is 5.26 Å². The van der Waals surface area contributed by atoms with E-state index in [9.17, 15) is 14.8 Å². The van der Waals surface area contributed by atoms with Gasteiger partial charge < -0.3 is 5.11 Å². The van der Waals surface area contributed by atoms with E-state index in [-0.39, 0.29) is 22.9 Å². The number of hydrogen-bond acceptors (Lipinski definition) is 5. The number of carboxylic acid groups (broad SMARTS) is 1. The van der Waals surface area contributed by atoms with Crippen molar-refractivity contribution in [2.24, 2.45) is 0 Å². The molecule has 8 heteroatoms. The fraction of sp³-hybridized carbons (Fsp3) is 0.125. The first kappa shape index (κ1) is 10.2. The van der Waals surface area contributed by atoms with Crippen LogP contribution in [-0.2, 0) is 4.79 Å². The Morgan fingerprint density at radius 2 is 2.31 bits per heavy atom. The maximum atomic E-state index is 11.5. The Morgan fingerprint density at radius 3 is 2.88 bits per heavy atom. The van der Waals surface area contributed by atoms with Crippen LogP contribution in [0.5, 0.6) is 0 Å². The molecule has 0 spiro atoms. The Labute approximate surface area is 89.2 Å². The summed E-state index contributed by atoms with van der Waals surface area (Å²) < 4.78 is 0. The summed E-state index contributed by atoms with van der Waals surface area (Å²) >= 11 is 0. The highest BCUT2D eigenvalue weighted by molar-refractivity contribution is 5.94. The van der Waals surface area contributed by atoms with Gasteiger partial charge in [0.25, 0.3) is 0 Å². The highest BCUT2D eigenvalue weighted by Gasteiger charge is 2.37. The van der Waals surface area contributed by atoms with Gasteiger partial charge in [0.05, 0.1) is 23.9 Å². The van der Waals surface area contributed by atoms with Gasteiger partial charge in [-0.2, -0.15) is 10.3 Å². The summed E-state index contributed by atoms with van der Waals surface area (Å²) in [7, 11) is 0. The normalized spacial score (nSPS) is 19.5. The topological polar surface area (TPSA) is 117 Å². The molecule has 82 valence electrons. The second kappa shape index (κ2) is 3.34. The zero-order valence-electron chi connectivity index (χ0n) is 7.84. The zero-order valence-corrected chi connectivity index (χ0v) is 7.84. The van der Waals surface area contributed by atoms with Crippen molar-refractivity contribution >= 4 is 12.0 Å². The zero-order chi connectivity index (χ0) is 11.9. The van der Waals surface area contributed by atoms with Gasteiger partial charge in [-0.15, -0.1) is 0 Å². The van der Waals surface area contributed by atoms with E-state index in [1.165, 1.54) is 0 Å². The molecule has 0 aromatic rings.